The fraction of sp³-hybridized carbons (Fsp3) is 0.381. The third-order valence-corrected chi connectivity index (χ3v) is 4.75. The molecule has 0 aromatic heterocycles. The molecular formula is C21H26N2O3. The Labute approximate surface area is 154 Å². The molecule has 5 nitrogen and oxygen atoms in total. The number of aliphatic hydroxyl groups is 1. The van der Waals surface area contributed by atoms with Gasteiger partial charge < -0.3 is 20.5 Å². The zero-order valence-corrected chi connectivity index (χ0v) is 15.1. The minimum atomic E-state index is -0.628. The van der Waals surface area contributed by atoms with Crippen LogP contribution in [0, 0.1) is 0 Å². The Kier molecular flexibility index (Phi) is 6.39. The second kappa shape index (κ2) is 8.94. The summed E-state index contributed by atoms with van der Waals surface area (Å²) in [6.45, 7) is 1.06. The maximum absolute atomic E-state index is 12.4. The zero-order chi connectivity index (χ0) is 18.4. The molecule has 1 aliphatic rings. The van der Waals surface area contributed by atoms with Gasteiger partial charge in [0.25, 0.3) is 5.91 Å². The van der Waals surface area contributed by atoms with E-state index < -0.39 is 6.10 Å². The third kappa shape index (κ3) is 4.69. The van der Waals surface area contributed by atoms with E-state index in [0.717, 1.165) is 18.4 Å². The van der Waals surface area contributed by atoms with Crippen LogP contribution in [0.15, 0.2) is 48.5 Å². The molecule has 2 aromatic rings. The first-order valence-corrected chi connectivity index (χ1v) is 9.00. The minimum absolute atomic E-state index is 0.190. The molecule has 2 aromatic carbocycles. The highest BCUT2D eigenvalue weighted by Gasteiger charge is 2.21. The molecule has 0 heterocycles. The van der Waals surface area contributed by atoms with E-state index in [1.165, 1.54) is 11.1 Å². The van der Waals surface area contributed by atoms with E-state index in [0.29, 0.717) is 24.8 Å². The van der Waals surface area contributed by atoms with Crippen LogP contribution in [0.3, 0.4) is 0 Å². The fourth-order valence-electron chi connectivity index (χ4n) is 3.41. The first kappa shape index (κ1) is 18.6. The average molecular weight is 354 g/mol. The van der Waals surface area contributed by atoms with Crippen LogP contribution in [0.5, 0.6) is 0 Å². The number of carbonyl (C=O) groups is 1. The summed E-state index contributed by atoms with van der Waals surface area (Å²) in [5, 5.41) is 16.4. The highest BCUT2D eigenvalue weighted by molar-refractivity contribution is 5.95. The largest absolute Gasteiger partial charge is 0.390 e. The molecule has 26 heavy (non-hydrogen) atoms. The highest BCUT2D eigenvalue weighted by Crippen LogP contribution is 2.21. The van der Waals surface area contributed by atoms with Gasteiger partial charge in [0.1, 0.15) is 0 Å². The van der Waals surface area contributed by atoms with Gasteiger partial charge in [0.05, 0.1) is 12.7 Å². The molecule has 1 atom stereocenters. The number of aliphatic hydroxyl groups excluding tert-OH is 1. The van der Waals surface area contributed by atoms with Crippen LogP contribution < -0.4 is 10.6 Å². The Morgan fingerprint density at radius 3 is 2.46 bits per heavy atom. The molecule has 1 aliphatic carbocycles. The second-order valence-corrected chi connectivity index (χ2v) is 6.74. The molecule has 138 valence electrons. The number of rotatable bonds is 8. The first-order valence-electron chi connectivity index (χ1n) is 9.00. The molecule has 0 bridgehead atoms. The van der Waals surface area contributed by atoms with Crippen LogP contribution in [-0.4, -0.2) is 43.4 Å². The van der Waals surface area contributed by atoms with Crippen molar-refractivity contribution in [2.75, 3.05) is 20.2 Å². The molecule has 5 heteroatoms. The smallest absolute Gasteiger partial charge is 0.251 e. The predicted molar refractivity (Wildman–Crippen MR) is 101 cm³/mol. The van der Waals surface area contributed by atoms with Gasteiger partial charge >= 0.3 is 0 Å². The van der Waals surface area contributed by atoms with E-state index in [1.807, 2.05) is 18.2 Å². The van der Waals surface area contributed by atoms with Crippen molar-refractivity contribution in [2.24, 2.45) is 0 Å². The lowest BCUT2D eigenvalue weighted by molar-refractivity contribution is 0.0909. The molecule has 0 fully saturated rings. The normalized spacial score (nSPS) is 14.8. The first-order chi connectivity index (χ1) is 12.7. The van der Waals surface area contributed by atoms with E-state index in [1.54, 1.807) is 13.2 Å². The number of fused-ring (bicyclic) bond motifs is 1. The van der Waals surface area contributed by atoms with Crippen molar-refractivity contribution >= 4 is 5.91 Å². The number of carbonyl (C=O) groups excluding carboxylic acids is 1. The van der Waals surface area contributed by atoms with E-state index in [9.17, 15) is 9.90 Å². The van der Waals surface area contributed by atoms with Gasteiger partial charge in [-0.3, -0.25) is 4.79 Å². The van der Waals surface area contributed by atoms with Gasteiger partial charge in [-0.25, -0.2) is 0 Å². The molecule has 3 rings (SSSR count). The fourth-order valence-corrected chi connectivity index (χ4v) is 3.41. The van der Waals surface area contributed by atoms with Gasteiger partial charge in [-0.15, -0.1) is 0 Å². The van der Waals surface area contributed by atoms with Crippen LogP contribution in [0.25, 0.3) is 0 Å². The zero-order valence-electron chi connectivity index (χ0n) is 15.1. The summed E-state index contributed by atoms with van der Waals surface area (Å²) < 4.78 is 5.13. The average Bonchev–Trinajstić information content (AvgIpc) is 3.08. The van der Waals surface area contributed by atoms with Crippen molar-refractivity contribution in [1.82, 2.24) is 10.6 Å². The van der Waals surface area contributed by atoms with Gasteiger partial charge in [-0.2, -0.15) is 0 Å². The van der Waals surface area contributed by atoms with E-state index in [2.05, 4.69) is 34.9 Å². The van der Waals surface area contributed by atoms with Gasteiger partial charge in [-0.1, -0.05) is 42.5 Å². The Bertz CT molecular complexity index is 723. The van der Waals surface area contributed by atoms with Gasteiger partial charge in [0.2, 0.25) is 0 Å². The number of methoxy groups -OCH3 is 1. The Balaban J connectivity index is 1.43. The van der Waals surface area contributed by atoms with Crippen molar-refractivity contribution in [1.29, 1.82) is 0 Å². The monoisotopic (exact) mass is 354 g/mol. The summed E-state index contributed by atoms with van der Waals surface area (Å²) in [6.07, 6.45) is 1.34. The minimum Gasteiger partial charge on any atom is -0.390 e. The SMILES string of the molecule is COCc1ccccc1C(=O)NCC(O)CNC1Cc2ccccc2C1. The topological polar surface area (TPSA) is 70.6 Å². The standard InChI is InChI=1S/C21H26N2O3/c1-26-14-17-8-4-5-9-20(17)21(25)23-13-19(24)12-22-18-10-15-6-2-3-7-16(15)11-18/h2-9,18-19,22,24H,10-14H2,1H3,(H,23,25). The molecule has 0 spiro atoms. The summed E-state index contributed by atoms with van der Waals surface area (Å²) in [5.74, 6) is -0.190. The van der Waals surface area contributed by atoms with Gasteiger partial charge in [0, 0.05) is 31.8 Å². The second-order valence-electron chi connectivity index (χ2n) is 6.74. The van der Waals surface area contributed by atoms with Crippen molar-refractivity contribution in [2.45, 2.75) is 31.6 Å². The van der Waals surface area contributed by atoms with Crippen LogP contribution in [-0.2, 0) is 24.2 Å². The lowest BCUT2D eigenvalue weighted by Crippen LogP contribution is -2.42. The maximum atomic E-state index is 12.4. The van der Waals surface area contributed by atoms with Crippen molar-refractivity contribution in [3.05, 3.63) is 70.8 Å². The number of amides is 1. The maximum Gasteiger partial charge on any atom is 0.251 e. The Morgan fingerprint density at radius 1 is 1.12 bits per heavy atom. The summed E-state index contributed by atoms with van der Waals surface area (Å²) >= 11 is 0. The Morgan fingerprint density at radius 2 is 1.77 bits per heavy atom. The molecule has 0 aliphatic heterocycles. The molecular weight excluding hydrogens is 328 g/mol. The van der Waals surface area contributed by atoms with E-state index in [4.69, 9.17) is 4.74 Å². The molecule has 0 radical (unpaired) electrons. The van der Waals surface area contributed by atoms with Crippen LogP contribution in [0.1, 0.15) is 27.0 Å². The molecule has 1 amide bonds. The molecule has 1 unspecified atom stereocenters. The lowest BCUT2D eigenvalue weighted by Gasteiger charge is -2.17. The van der Waals surface area contributed by atoms with E-state index >= 15 is 0 Å². The number of benzene rings is 2. The Hall–Kier alpha value is -2.21. The molecule has 0 saturated heterocycles. The number of hydrogen-bond acceptors (Lipinski definition) is 4. The quantitative estimate of drug-likeness (QED) is 0.675. The summed E-state index contributed by atoms with van der Waals surface area (Å²) in [6, 6.07) is 16.1. The third-order valence-electron chi connectivity index (χ3n) is 4.75. The summed E-state index contributed by atoms with van der Waals surface area (Å²) in [7, 11) is 1.60. The summed E-state index contributed by atoms with van der Waals surface area (Å²) in [4.78, 5) is 12.4. The van der Waals surface area contributed by atoms with Crippen molar-refractivity contribution < 1.29 is 14.6 Å². The van der Waals surface area contributed by atoms with Gasteiger partial charge in [-0.05, 0) is 35.6 Å². The summed E-state index contributed by atoms with van der Waals surface area (Å²) in [5.41, 5.74) is 4.18. The predicted octanol–water partition coefficient (Wildman–Crippen LogP) is 1.68. The number of hydrogen-bond donors (Lipinski definition) is 3. The van der Waals surface area contributed by atoms with Crippen LogP contribution in [0.4, 0.5) is 0 Å². The molecule has 3 N–H and O–H groups in total. The van der Waals surface area contributed by atoms with Crippen molar-refractivity contribution in [3.63, 3.8) is 0 Å². The highest BCUT2D eigenvalue weighted by atomic mass is 16.5. The number of ether oxygens (including phenoxy) is 1. The van der Waals surface area contributed by atoms with Crippen molar-refractivity contribution in [3.8, 4) is 0 Å². The van der Waals surface area contributed by atoms with Crippen LogP contribution >= 0.6 is 0 Å². The number of nitrogens with one attached hydrogen (secondary N) is 2. The van der Waals surface area contributed by atoms with Gasteiger partial charge in [0.15, 0.2) is 0 Å². The van der Waals surface area contributed by atoms with E-state index in [-0.39, 0.29) is 12.5 Å². The lowest BCUT2D eigenvalue weighted by atomic mass is 10.1. The van der Waals surface area contributed by atoms with Crippen LogP contribution in [0.2, 0.25) is 0 Å². The molecule has 0 saturated carbocycles.